The average molecular weight is 233 g/mol. The molecule has 1 aromatic rings. The summed E-state index contributed by atoms with van der Waals surface area (Å²) in [7, 11) is 0. The SMILES string of the molecule is Oc1ccc(CNC(C2CC2)C2CC2)cc1O. The molecule has 2 aliphatic rings. The molecule has 0 bridgehead atoms. The molecule has 0 aliphatic heterocycles. The Morgan fingerprint density at radius 1 is 1.06 bits per heavy atom. The van der Waals surface area contributed by atoms with Crippen molar-refractivity contribution >= 4 is 0 Å². The Hall–Kier alpha value is -1.22. The van der Waals surface area contributed by atoms with Crippen LogP contribution in [0.1, 0.15) is 31.2 Å². The van der Waals surface area contributed by atoms with Crippen LogP contribution < -0.4 is 5.32 Å². The minimum Gasteiger partial charge on any atom is -0.504 e. The molecule has 0 heterocycles. The first-order chi connectivity index (χ1) is 8.24. The second-order valence-electron chi connectivity index (χ2n) is 5.40. The van der Waals surface area contributed by atoms with Crippen molar-refractivity contribution in [1.29, 1.82) is 0 Å². The summed E-state index contributed by atoms with van der Waals surface area (Å²) in [5.74, 6) is 1.69. The smallest absolute Gasteiger partial charge is 0.157 e. The van der Waals surface area contributed by atoms with E-state index in [0.717, 1.165) is 23.9 Å². The highest BCUT2D eigenvalue weighted by molar-refractivity contribution is 5.40. The highest BCUT2D eigenvalue weighted by Crippen LogP contribution is 2.44. The molecule has 0 amide bonds. The van der Waals surface area contributed by atoms with E-state index >= 15 is 0 Å². The highest BCUT2D eigenvalue weighted by Gasteiger charge is 2.40. The van der Waals surface area contributed by atoms with Crippen molar-refractivity contribution in [1.82, 2.24) is 5.32 Å². The lowest BCUT2D eigenvalue weighted by Gasteiger charge is -2.17. The topological polar surface area (TPSA) is 52.5 Å². The Balaban J connectivity index is 1.60. The molecule has 92 valence electrons. The molecule has 2 fully saturated rings. The van der Waals surface area contributed by atoms with Crippen molar-refractivity contribution < 1.29 is 10.2 Å². The third-order valence-corrected chi connectivity index (χ3v) is 3.84. The highest BCUT2D eigenvalue weighted by atomic mass is 16.3. The maximum Gasteiger partial charge on any atom is 0.157 e. The molecule has 0 atom stereocenters. The van der Waals surface area contributed by atoms with Crippen molar-refractivity contribution in [2.24, 2.45) is 11.8 Å². The molecular formula is C14H19NO2. The lowest BCUT2D eigenvalue weighted by Crippen LogP contribution is -2.32. The van der Waals surface area contributed by atoms with Crippen molar-refractivity contribution in [2.45, 2.75) is 38.3 Å². The number of aromatic hydroxyl groups is 2. The molecule has 0 aromatic heterocycles. The minimum absolute atomic E-state index is 0.0290. The van der Waals surface area contributed by atoms with Gasteiger partial charge in [0.25, 0.3) is 0 Å². The molecule has 0 unspecified atom stereocenters. The molecule has 3 N–H and O–H groups in total. The van der Waals surface area contributed by atoms with Crippen LogP contribution in [-0.2, 0) is 6.54 Å². The minimum atomic E-state index is -0.0466. The zero-order chi connectivity index (χ0) is 11.8. The summed E-state index contributed by atoms with van der Waals surface area (Å²) in [5.41, 5.74) is 1.03. The number of rotatable bonds is 5. The Bertz CT molecular complexity index is 399. The van der Waals surface area contributed by atoms with Gasteiger partial charge in [0.15, 0.2) is 11.5 Å². The standard InChI is InChI=1S/C14H19NO2/c16-12-6-1-9(7-13(12)17)8-15-14(10-2-3-10)11-4-5-11/h1,6-7,10-11,14-17H,2-5,8H2. The van der Waals surface area contributed by atoms with Crippen molar-refractivity contribution in [2.75, 3.05) is 0 Å². The van der Waals surface area contributed by atoms with Crippen LogP contribution in [0.15, 0.2) is 18.2 Å². The maximum absolute atomic E-state index is 9.43. The second-order valence-corrected chi connectivity index (χ2v) is 5.40. The third kappa shape index (κ3) is 2.55. The quantitative estimate of drug-likeness (QED) is 0.684. The van der Waals surface area contributed by atoms with Gasteiger partial charge in [-0.05, 0) is 55.2 Å². The molecule has 3 rings (SSSR count). The summed E-state index contributed by atoms with van der Waals surface area (Å²) >= 11 is 0. The van der Waals surface area contributed by atoms with E-state index < -0.39 is 0 Å². The fourth-order valence-corrected chi connectivity index (χ4v) is 2.54. The Morgan fingerprint density at radius 3 is 2.24 bits per heavy atom. The molecule has 0 spiro atoms. The zero-order valence-corrected chi connectivity index (χ0v) is 9.89. The normalized spacial score (nSPS) is 19.8. The van der Waals surface area contributed by atoms with Gasteiger partial charge in [-0.2, -0.15) is 0 Å². The second kappa shape index (κ2) is 4.22. The van der Waals surface area contributed by atoms with Gasteiger partial charge in [-0.25, -0.2) is 0 Å². The Labute approximate surface area is 101 Å². The van der Waals surface area contributed by atoms with Crippen LogP contribution in [0.2, 0.25) is 0 Å². The van der Waals surface area contributed by atoms with Crippen molar-refractivity contribution in [3.63, 3.8) is 0 Å². The van der Waals surface area contributed by atoms with E-state index in [4.69, 9.17) is 0 Å². The van der Waals surface area contributed by atoms with Gasteiger partial charge < -0.3 is 15.5 Å². The largest absolute Gasteiger partial charge is 0.504 e. The van der Waals surface area contributed by atoms with Gasteiger partial charge in [-0.15, -0.1) is 0 Å². The predicted octanol–water partition coefficient (Wildman–Crippen LogP) is 2.38. The maximum atomic E-state index is 9.43. The molecule has 2 saturated carbocycles. The van der Waals surface area contributed by atoms with Gasteiger partial charge in [0.1, 0.15) is 0 Å². The molecule has 3 nitrogen and oxygen atoms in total. The fraction of sp³-hybridized carbons (Fsp3) is 0.571. The van der Waals surface area contributed by atoms with Crippen molar-refractivity contribution in [3.05, 3.63) is 23.8 Å². The summed E-state index contributed by atoms with van der Waals surface area (Å²) in [4.78, 5) is 0. The number of hydrogen-bond acceptors (Lipinski definition) is 3. The molecule has 1 aromatic carbocycles. The van der Waals surface area contributed by atoms with E-state index in [1.165, 1.54) is 25.7 Å². The number of nitrogens with one attached hydrogen (secondary N) is 1. The van der Waals surface area contributed by atoms with Gasteiger partial charge in [-0.1, -0.05) is 6.07 Å². The number of phenolic OH excluding ortho intramolecular Hbond substituents is 2. The Morgan fingerprint density at radius 2 is 1.71 bits per heavy atom. The van der Waals surface area contributed by atoms with Gasteiger partial charge >= 0.3 is 0 Å². The van der Waals surface area contributed by atoms with E-state index in [1.54, 1.807) is 12.1 Å². The van der Waals surface area contributed by atoms with Crippen LogP contribution in [-0.4, -0.2) is 16.3 Å². The van der Waals surface area contributed by atoms with E-state index in [2.05, 4.69) is 5.32 Å². The summed E-state index contributed by atoms with van der Waals surface area (Å²) in [6.07, 6.45) is 5.48. The van der Waals surface area contributed by atoms with Gasteiger partial charge in [-0.3, -0.25) is 0 Å². The first-order valence-corrected chi connectivity index (χ1v) is 6.48. The van der Waals surface area contributed by atoms with E-state index in [9.17, 15) is 10.2 Å². The summed E-state index contributed by atoms with van der Waals surface area (Å²) in [6.45, 7) is 0.783. The third-order valence-electron chi connectivity index (χ3n) is 3.84. The monoisotopic (exact) mass is 233 g/mol. The van der Waals surface area contributed by atoms with Gasteiger partial charge in [0.05, 0.1) is 0 Å². The lowest BCUT2D eigenvalue weighted by molar-refractivity contribution is 0.399. The molecule has 2 aliphatic carbocycles. The van der Waals surface area contributed by atoms with Gasteiger partial charge in [0, 0.05) is 12.6 Å². The Kier molecular flexibility index (Phi) is 2.71. The summed E-state index contributed by atoms with van der Waals surface area (Å²) in [6, 6.07) is 5.72. The summed E-state index contributed by atoms with van der Waals surface area (Å²) < 4.78 is 0. The van der Waals surface area contributed by atoms with E-state index in [1.807, 2.05) is 6.07 Å². The average Bonchev–Trinajstić information content (AvgIpc) is 3.14. The first-order valence-electron chi connectivity index (χ1n) is 6.48. The number of phenols is 2. The van der Waals surface area contributed by atoms with Crippen LogP contribution in [0.25, 0.3) is 0 Å². The lowest BCUT2D eigenvalue weighted by atomic mass is 10.1. The van der Waals surface area contributed by atoms with Crippen molar-refractivity contribution in [3.8, 4) is 11.5 Å². The molecule has 17 heavy (non-hydrogen) atoms. The van der Waals surface area contributed by atoms with Crippen LogP contribution >= 0.6 is 0 Å². The number of benzene rings is 1. The van der Waals surface area contributed by atoms with Crippen LogP contribution in [0.3, 0.4) is 0 Å². The van der Waals surface area contributed by atoms with E-state index in [-0.39, 0.29) is 11.5 Å². The molecule has 0 saturated heterocycles. The van der Waals surface area contributed by atoms with Gasteiger partial charge in [0.2, 0.25) is 0 Å². The van der Waals surface area contributed by atoms with Crippen LogP contribution in [0, 0.1) is 11.8 Å². The first kappa shape index (κ1) is 10.9. The number of hydrogen-bond donors (Lipinski definition) is 3. The van der Waals surface area contributed by atoms with Crippen LogP contribution in [0.5, 0.6) is 11.5 Å². The molecular weight excluding hydrogens is 214 g/mol. The molecule has 3 heteroatoms. The molecule has 0 radical (unpaired) electrons. The fourth-order valence-electron chi connectivity index (χ4n) is 2.54. The van der Waals surface area contributed by atoms with Crippen LogP contribution in [0.4, 0.5) is 0 Å². The van der Waals surface area contributed by atoms with E-state index in [0.29, 0.717) is 6.04 Å². The predicted molar refractivity (Wildman–Crippen MR) is 65.8 cm³/mol. The summed E-state index contributed by atoms with van der Waals surface area (Å²) in [5, 5.41) is 22.3. The zero-order valence-electron chi connectivity index (χ0n) is 9.89.